The average Bonchev–Trinajstić information content (AvgIpc) is 2.28. The minimum atomic E-state index is -3.88. The summed E-state index contributed by atoms with van der Waals surface area (Å²) in [5.74, 6) is -0.318. The fraction of sp³-hybridized carbons (Fsp3) is 0.500. The summed E-state index contributed by atoms with van der Waals surface area (Å²) in [7, 11) is -3.88. The molecule has 1 atom stereocenters. The van der Waals surface area contributed by atoms with Crippen LogP contribution < -0.4 is 10.5 Å². The predicted octanol–water partition coefficient (Wildman–Crippen LogP) is 2.57. The molecule has 21 heavy (non-hydrogen) atoms. The molecule has 0 bridgehead atoms. The van der Waals surface area contributed by atoms with E-state index in [1.165, 1.54) is 6.07 Å². The fourth-order valence-electron chi connectivity index (χ4n) is 1.68. The van der Waals surface area contributed by atoms with Gasteiger partial charge in [0.25, 0.3) is 5.91 Å². The molecule has 0 fully saturated rings. The van der Waals surface area contributed by atoms with Gasteiger partial charge in [0, 0.05) is 16.1 Å². The van der Waals surface area contributed by atoms with Gasteiger partial charge in [0.1, 0.15) is 0 Å². The van der Waals surface area contributed by atoms with E-state index in [9.17, 15) is 13.2 Å². The van der Waals surface area contributed by atoms with Crippen LogP contribution in [0, 0.1) is 12.3 Å². The van der Waals surface area contributed by atoms with Crippen molar-refractivity contribution >= 4 is 31.9 Å². The molecular formula is C14H21BrN2O3S. The van der Waals surface area contributed by atoms with E-state index in [-0.39, 0.29) is 22.3 Å². The van der Waals surface area contributed by atoms with Crippen LogP contribution in [-0.2, 0) is 10.0 Å². The zero-order valence-electron chi connectivity index (χ0n) is 12.8. The molecule has 0 radical (unpaired) electrons. The number of hydrogen-bond donors (Lipinski definition) is 2. The number of hydrogen-bond acceptors (Lipinski definition) is 3. The van der Waals surface area contributed by atoms with E-state index >= 15 is 0 Å². The Labute approximate surface area is 134 Å². The molecule has 0 aliphatic heterocycles. The predicted molar refractivity (Wildman–Crippen MR) is 86.6 cm³/mol. The molecule has 0 unspecified atom stereocenters. The summed E-state index contributed by atoms with van der Waals surface area (Å²) in [6.45, 7) is 9.53. The second kappa shape index (κ2) is 6.06. The number of amides is 1. The monoisotopic (exact) mass is 376 g/mol. The maximum Gasteiger partial charge on any atom is 0.251 e. The molecule has 3 N–H and O–H groups in total. The van der Waals surface area contributed by atoms with Crippen LogP contribution in [0.3, 0.4) is 0 Å². The van der Waals surface area contributed by atoms with Crippen molar-refractivity contribution in [3.05, 3.63) is 27.7 Å². The molecule has 1 aromatic rings. The maximum atomic E-state index is 12.4. The molecule has 5 nitrogen and oxygen atoms in total. The highest BCUT2D eigenvalue weighted by molar-refractivity contribution is 9.10. The van der Waals surface area contributed by atoms with Gasteiger partial charge in [0.05, 0.1) is 4.90 Å². The van der Waals surface area contributed by atoms with Crippen LogP contribution in [0.4, 0.5) is 0 Å². The number of primary sulfonamides is 1. The normalized spacial score (nSPS) is 13.9. The van der Waals surface area contributed by atoms with Gasteiger partial charge in [-0.25, -0.2) is 13.6 Å². The van der Waals surface area contributed by atoms with E-state index in [2.05, 4.69) is 21.2 Å². The largest absolute Gasteiger partial charge is 0.349 e. The number of halogens is 1. The number of rotatable bonds is 3. The van der Waals surface area contributed by atoms with Gasteiger partial charge >= 0.3 is 0 Å². The maximum absolute atomic E-state index is 12.4. The molecule has 0 saturated heterocycles. The van der Waals surface area contributed by atoms with Crippen LogP contribution in [0.15, 0.2) is 21.5 Å². The van der Waals surface area contributed by atoms with Crippen LogP contribution >= 0.6 is 15.9 Å². The van der Waals surface area contributed by atoms with E-state index in [1.807, 2.05) is 27.7 Å². The lowest BCUT2D eigenvalue weighted by Crippen LogP contribution is -2.41. The Balaban J connectivity index is 3.26. The molecule has 118 valence electrons. The van der Waals surface area contributed by atoms with Crippen molar-refractivity contribution in [2.75, 3.05) is 0 Å². The van der Waals surface area contributed by atoms with E-state index in [4.69, 9.17) is 5.14 Å². The summed E-state index contributed by atoms with van der Waals surface area (Å²) < 4.78 is 23.7. The molecule has 1 amide bonds. The Kier molecular flexibility index (Phi) is 5.23. The number of benzene rings is 1. The van der Waals surface area contributed by atoms with Crippen LogP contribution in [0.25, 0.3) is 0 Å². The van der Waals surface area contributed by atoms with Crippen molar-refractivity contribution in [2.24, 2.45) is 10.6 Å². The molecule has 0 heterocycles. The van der Waals surface area contributed by atoms with Crippen molar-refractivity contribution in [1.29, 1.82) is 0 Å². The summed E-state index contributed by atoms with van der Waals surface area (Å²) in [5, 5.41) is 8.07. The van der Waals surface area contributed by atoms with Crippen molar-refractivity contribution in [3.63, 3.8) is 0 Å². The molecule has 1 rings (SSSR count). The summed E-state index contributed by atoms with van der Waals surface area (Å²) in [6.07, 6.45) is 0. The Bertz CT molecular complexity index is 664. The number of nitrogens with two attached hydrogens (primary N) is 1. The Hall–Kier alpha value is -0.920. The molecule has 0 saturated carbocycles. The van der Waals surface area contributed by atoms with Crippen molar-refractivity contribution in [3.8, 4) is 0 Å². The molecule has 0 aliphatic rings. The molecular weight excluding hydrogens is 356 g/mol. The van der Waals surface area contributed by atoms with Crippen LogP contribution in [0.1, 0.15) is 43.6 Å². The third kappa shape index (κ3) is 4.52. The molecule has 0 spiro atoms. The van der Waals surface area contributed by atoms with Crippen LogP contribution in [0.2, 0.25) is 0 Å². The molecule has 0 aliphatic carbocycles. The molecule has 1 aromatic carbocycles. The van der Waals surface area contributed by atoms with Crippen LogP contribution in [0.5, 0.6) is 0 Å². The zero-order chi connectivity index (χ0) is 16.6. The lowest BCUT2D eigenvalue weighted by Gasteiger charge is -2.28. The first-order chi connectivity index (χ1) is 9.34. The third-order valence-corrected chi connectivity index (χ3v) is 5.02. The first-order valence-electron chi connectivity index (χ1n) is 6.48. The first kappa shape index (κ1) is 18.1. The minimum absolute atomic E-state index is 0.0505. The first-order valence-corrected chi connectivity index (χ1v) is 8.81. The standard InChI is InChI=1S/C14H21BrN2O3S/c1-8-11(13(18)17-9(2)14(3,4)5)6-10(15)7-12(8)21(16,19)20/h6-7,9H,1-5H3,(H,17,18)(H2,16,19,20)/t9-/m0/s1. The van der Waals surface area contributed by atoms with Crippen molar-refractivity contribution in [1.82, 2.24) is 5.32 Å². The van der Waals surface area contributed by atoms with Gasteiger partial charge in [0.2, 0.25) is 10.0 Å². The molecule has 0 aromatic heterocycles. The topological polar surface area (TPSA) is 89.3 Å². The molecule has 7 heteroatoms. The van der Waals surface area contributed by atoms with Crippen LogP contribution in [-0.4, -0.2) is 20.4 Å². The summed E-state index contributed by atoms with van der Waals surface area (Å²) >= 11 is 3.21. The highest BCUT2D eigenvalue weighted by Gasteiger charge is 2.24. The van der Waals surface area contributed by atoms with Gasteiger partial charge in [-0.2, -0.15) is 0 Å². The second-order valence-corrected chi connectivity index (χ2v) is 8.63. The summed E-state index contributed by atoms with van der Waals surface area (Å²) in [6, 6.07) is 2.92. The number of nitrogens with one attached hydrogen (secondary N) is 1. The second-order valence-electron chi connectivity index (χ2n) is 6.18. The lowest BCUT2D eigenvalue weighted by atomic mass is 9.88. The fourth-order valence-corrected chi connectivity index (χ4v) is 3.11. The Morgan fingerprint density at radius 1 is 1.33 bits per heavy atom. The Morgan fingerprint density at radius 2 is 1.86 bits per heavy atom. The average molecular weight is 377 g/mol. The highest BCUT2D eigenvalue weighted by atomic mass is 79.9. The van der Waals surface area contributed by atoms with Gasteiger partial charge < -0.3 is 5.32 Å². The van der Waals surface area contributed by atoms with Gasteiger partial charge in [-0.15, -0.1) is 0 Å². The quantitative estimate of drug-likeness (QED) is 0.849. The van der Waals surface area contributed by atoms with Gasteiger partial charge in [-0.1, -0.05) is 36.7 Å². The summed E-state index contributed by atoms with van der Waals surface area (Å²) in [4.78, 5) is 12.3. The van der Waals surface area contributed by atoms with E-state index < -0.39 is 10.0 Å². The summed E-state index contributed by atoms with van der Waals surface area (Å²) in [5.41, 5.74) is 0.544. The van der Waals surface area contributed by atoms with E-state index in [0.717, 1.165) is 0 Å². The Morgan fingerprint density at radius 3 is 2.29 bits per heavy atom. The number of carbonyl (C=O) groups is 1. The van der Waals surface area contributed by atoms with Gasteiger partial charge in [-0.05, 0) is 37.0 Å². The van der Waals surface area contributed by atoms with E-state index in [0.29, 0.717) is 15.6 Å². The van der Waals surface area contributed by atoms with Crippen molar-refractivity contribution in [2.45, 2.75) is 45.6 Å². The highest BCUT2D eigenvalue weighted by Crippen LogP contribution is 2.25. The minimum Gasteiger partial charge on any atom is -0.349 e. The number of carbonyl (C=O) groups excluding carboxylic acids is 1. The smallest absolute Gasteiger partial charge is 0.251 e. The van der Waals surface area contributed by atoms with Gasteiger partial charge in [0.15, 0.2) is 0 Å². The SMILES string of the molecule is Cc1c(C(=O)N[C@@H](C)C(C)(C)C)cc(Br)cc1S(N)(=O)=O. The third-order valence-electron chi connectivity index (χ3n) is 3.52. The number of sulfonamides is 1. The van der Waals surface area contributed by atoms with Gasteiger partial charge in [-0.3, -0.25) is 4.79 Å². The van der Waals surface area contributed by atoms with Crippen molar-refractivity contribution < 1.29 is 13.2 Å². The van der Waals surface area contributed by atoms with E-state index in [1.54, 1.807) is 13.0 Å². The zero-order valence-corrected chi connectivity index (χ0v) is 15.2. The lowest BCUT2D eigenvalue weighted by molar-refractivity contribution is 0.0909.